The van der Waals surface area contributed by atoms with Crippen molar-refractivity contribution in [3.63, 3.8) is 0 Å². The molecule has 0 amide bonds. The van der Waals surface area contributed by atoms with Crippen molar-refractivity contribution in [3.8, 4) is 5.75 Å². The standard InChI is InChI=1S/C14H16N2O3S/c1-10-6-7-13(19-2)14(8-10)20(17,18)16-12-5-3-4-11(15)9-12/h3-9,16H,15H2,1-2H3. The second-order valence-corrected chi connectivity index (χ2v) is 6.04. The van der Waals surface area contributed by atoms with Crippen molar-refractivity contribution in [2.24, 2.45) is 0 Å². The van der Waals surface area contributed by atoms with Crippen LogP contribution in [0.1, 0.15) is 5.56 Å². The Kier molecular flexibility index (Phi) is 3.85. The molecule has 2 aromatic carbocycles. The Morgan fingerprint density at radius 2 is 1.90 bits per heavy atom. The van der Waals surface area contributed by atoms with Gasteiger partial charge < -0.3 is 10.5 Å². The Morgan fingerprint density at radius 1 is 1.15 bits per heavy atom. The maximum absolute atomic E-state index is 12.4. The van der Waals surface area contributed by atoms with Crippen LogP contribution >= 0.6 is 0 Å². The topological polar surface area (TPSA) is 81.4 Å². The van der Waals surface area contributed by atoms with E-state index in [1.54, 1.807) is 42.5 Å². The molecule has 0 aliphatic heterocycles. The molecule has 20 heavy (non-hydrogen) atoms. The summed E-state index contributed by atoms with van der Waals surface area (Å²) in [6.45, 7) is 1.82. The number of hydrogen-bond donors (Lipinski definition) is 2. The lowest BCUT2D eigenvalue weighted by Crippen LogP contribution is -2.14. The molecule has 0 aromatic heterocycles. The van der Waals surface area contributed by atoms with Gasteiger partial charge in [-0.05, 0) is 42.8 Å². The molecule has 0 radical (unpaired) electrons. The molecule has 3 N–H and O–H groups in total. The molecule has 5 nitrogen and oxygen atoms in total. The first-order valence-electron chi connectivity index (χ1n) is 5.95. The monoisotopic (exact) mass is 292 g/mol. The van der Waals surface area contributed by atoms with Gasteiger partial charge in [0.1, 0.15) is 10.6 Å². The number of ether oxygens (including phenoxy) is 1. The van der Waals surface area contributed by atoms with Crippen molar-refractivity contribution in [2.75, 3.05) is 17.6 Å². The number of rotatable bonds is 4. The smallest absolute Gasteiger partial charge is 0.265 e. The highest BCUT2D eigenvalue weighted by Gasteiger charge is 2.19. The van der Waals surface area contributed by atoms with Crippen LogP contribution in [0.2, 0.25) is 0 Å². The van der Waals surface area contributed by atoms with E-state index in [1.165, 1.54) is 7.11 Å². The maximum Gasteiger partial charge on any atom is 0.265 e. The highest BCUT2D eigenvalue weighted by Crippen LogP contribution is 2.27. The summed E-state index contributed by atoms with van der Waals surface area (Å²) >= 11 is 0. The second-order valence-electron chi connectivity index (χ2n) is 4.39. The number of aryl methyl sites for hydroxylation is 1. The third kappa shape index (κ3) is 3.03. The summed E-state index contributed by atoms with van der Waals surface area (Å²) in [5, 5.41) is 0. The van der Waals surface area contributed by atoms with Crippen LogP contribution in [0.3, 0.4) is 0 Å². The fourth-order valence-electron chi connectivity index (χ4n) is 1.81. The van der Waals surface area contributed by atoms with E-state index in [2.05, 4.69) is 4.72 Å². The van der Waals surface area contributed by atoms with Crippen LogP contribution in [0.15, 0.2) is 47.4 Å². The molecule has 106 valence electrons. The lowest BCUT2D eigenvalue weighted by molar-refractivity contribution is 0.402. The predicted molar refractivity (Wildman–Crippen MR) is 79.4 cm³/mol. The minimum atomic E-state index is -3.73. The van der Waals surface area contributed by atoms with E-state index < -0.39 is 10.0 Å². The third-order valence-electron chi connectivity index (χ3n) is 2.75. The summed E-state index contributed by atoms with van der Waals surface area (Å²) in [6.07, 6.45) is 0. The van der Waals surface area contributed by atoms with Crippen LogP contribution in [-0.2, 0) is 10.0 Å². The van der Waals surface area contributed by atoms with E-state index in [9.17, 15) is 8.42 Å². The Bertz CT molecular complexity index is 727. The van der Waals surface area contributed by atoms with Crippen LogP contribution in [0.4, 0.5) is 11.4 Å². The van der Waals surface area contributed by atoms with Crippen molar-refractivity contribution >= 4 is 21.4 Å². The Balaban J connectivity index is 2.43. The molecule has 0 saturated carbocycles. The van der Waals surface area contributed by atoms with Gasteiger partial charge in [-0.2, -0.15) is 0 Å². The van der Waals surface area contributed by atoms with E-state index in [1.807, 2.05) is 6.92 Å². The molecule has 0 fully saturated rings. The molecule has 0 aliphatic rings. The van der Waals surface area contributed by atoms with Crippen molar-refractivity contribution in [1.82, 2.24) is 0 Å². The van der Waals surface area contributed by atoms with Crippen molar-refractivity contribution in [1.29, 1.82) is 0 Å². The van der Waals surface area contributed by atoms with Crippen LogP contribution in [0, 0.1) is 6.92 Å². The summed E-state index contributed by atoms with van der Waals surface area (Å²) in [5.74, 6) is 0.298. The molecule has 0 spiro atoms. The SMILES string of the molecule is COc1ccc(C)cc1S(=O)(=O)Nc1cccc(N)c1. The predicted octanol–water partition coefficient (Wildman–Crippen LogP) is 2.39. The van der Waals surface area contributed by atoms with Crippen molar-refractivity contribution in [2.45, 2.75) is 11.8 Å². The summed E-state index contributed by atoms with van der Waals surface area (Å²) in [4.78, 5) is 0.0995. The van der Waals surface area contributed by atoms with Gasteiger partial charge in [0.25, 0.3) is 10.0 Å². The molecule has 6 heteroatoms. The highest BCUT2D eigenvalue weighted by atomic mass is 32.2. The van der Waals surface area contributed by atoms with Crippen LogP contribution in [0.5, 0.6) is 5.75 Å². The number of hydrogen-bond acceptors (Lipinski definition) is 4. The zero-order valence-corrected chi connectivity index (χ0v) is 12.1. The fourth-order valence-corrected chi connectivity index (χ4v) is 3.11. The molecule has 0 aliphatic carbocycles. The first kappa shape index (κ1) is 14.2. The summed E-state index contributed by atoms with van der Waals surface area (Å²) in [5.41, 5.74) is 7.37. The first-order chi connectivity index (χ1) is 9.42. The molecular formula is C14H16N2O3S. The molecule has 0 heterocycles. The summed E-state index contributed by atoms with van der Waals surface area (Å²) < 4.78 is 32.4. The Hall–Kier alpha value is -2.21. The van der Waals surface area contributed by atoms with E-state index in [4.69, 9.17) is 10.5 Å². The van der Waals surface area contributed by atoms with E-state index in [-0.39, 0.29) is 4.90 Å². The molecule has 0 atom stereocenters. The van der Waals surface area contributed by atoms with Gasteiger partial charge in [-0.15, -0.1) is 0 Å². The van der Waals surface area contributed by atoms with Crippen LogP contribution in [0.25, 0.3) is 0 Å². The first-order valence-corrected chi connectivity index (χ1v) is 7.44. The van der Waals surface area contributed by atoms with Gasteiger partial charge in [-0.25, -0.2) is 8.42 Å². The zero-order valence-electron chi connectivity index (χ0n) is 11.3. The molecule has 0 bridgehead atoms. The number of sulfonamides is 1. The average Bonchev–Trinajstić information content (AvgIpc) is 2.38. The molecule has 0 saturated heterocycles. The highest BCUT2D eigenvalue weighted by molar-refractivity contribution is 7.92. The number of nitrogens with two attached hydrogens (primary N) is 1. The number of nitrogens with one attached hydrogen (secondary N) is 1. The van der Waals surface area contributed by atoms with Gasteiger partial charge in [0.15, 0.2) is 0 Å². The minimum Gasteiger partial charge on any atom is -0.495 e. The molecule has 2 rings (SSSR count). The summed E-state index contributed by atoms with van der Waals surface area (Å²) in [7, 11) is -2.29. The van der Waals surface area contributed by atoms with Gasteiger partial charge in [-0.3, -0.25) is 4.72 Å². The number of nitrogen functional groups attached to an aromatic ring is 1. The van der Waals surface area contributed by atoms with Crippen LogP contribution < -0.4 is 15.2 Å². The Labute approximate surface area is 118 Å². The van der Waals surface area contributed by atoms with Crippen LogP contribution in [-0.4, -0.2) is 15.5 Å². The average molecular weight is 292 g/mol. The van der Waals surface area contributed by atoms with Gasteiger partial charge in [0, 0.05) is 5.69 Å². The Morgan fingerprint density at radius 3 is 2.55 bits per heavy atom. The number of benzene rings is 2. The number of anilines is 2. The van der Waals surface area contributed by atoms with E-state index in [0.717, 1.165) is 5.56 Å². The fraction of sp³-hybridized carbons (Fsp3) is 0.143. The van der Waals surface area contributed by atoms with Crippen molar-refractivity contribution < 1.29 is 13.2 Å². The minimum absolute atomic E-state index is 0.0995. The quantitative estimate of drug-likeness (QED) is 0.848. The third-order valence-corrected chi connectivity index (χ3v) is 4.15. The zero-order chi connectivity index (χ0) is 14.8. The van der Waals surface area contributed by atoms with Gasteiger partial charge in [-0.1, -0.05) is 12.1 Å². The largest absolute Gasteiger partial charge is 0.495 e. The normalized spacial score (nSPS) is 11.1. The van der Waals surface area contributed by atoms with Crippen molar-refractivity contribution in [3.05, 3.63) is 48.0 Å². The lowest BCUT2D eigenvalue weighted by atomic mass is 10.2. The second kappa shape index (κ2) is 5.42. The maximum atomic E-state index is 12.4. The van der Waals surface area contributed by atoms with Gasteiger partial charge in [0.2, 0.25) is 0 Å². The summed E-state index contributed by atoms with van der Waals surface area (Å²) in [6, 6.07) is 11.5. The van der Waals surface area contributed by atoms with E-state index >= 15 is 0 Å². The number of methoxy groups -OCH3 is 1. The molecule has 0 unspecified atom stereocenters. The molecular weight excluding hydrogens is 276 g/mol. The lowest BCUT2D eigenvalue weighted by Gasteiger charge is -2.12. The molecule has 2 aromatic rings. The van der Waals surface area contributed by atoms with Gasteiger partial charge >= 0.3 is 0 Å². The van der Waals surface area contributed by atoms with E-state index in [0.29, 0.717) is 17.1 Å². The van der Waals surface area contributed by atoms with Gasteiger partial charge in [0.05, 0.1) is 12.8 Å².